The van der Waals surface area contributed by atoms with E-state index in [4.69, 9.17) is 20.0 Å². The van der Waals surface area contributed by atoms with Crippen molar-refractivity contribution in [3.05, 3.63) is 46.3 Å². The monoisotopic (exact) mass is 565 g/mol. The van der Waals surface area contributed by atoms with Crippen LogP contribution in [-0.2, 0) is 24.4 Å². The summed E-state index contributed by atoms with van der Waals surface area (Å²) in [5.74, 6) is 0.453. The van der Waals surface area contributed by atoms with Crippen molar-refractivity contribution in [1.82, 2.24) is 14.9 Å². The number of aryl methyl sites for hydroxylation is 1. The molecule has 206 valence electrons. The van der Waals surface area contributed by atoms with Gasteiger partial charge in [0.15, 0.2) is 5.69 Å². The Bertz CT molecular complexity index is 1120. The molecule has 1 aliphatic carbocycles. The summed E-state index contributed by atoms with van der Waals surface area (Å²) in [7, 11) is 0. The molecule has 0 radical (unpaired) electrons. The summed E-state index contributed by atoms with van der Waals surface area (Å²) in [6.45, 7) is 6.70. The summed E-state index contributed by atoms with van der Waals surface area (Å²) in [6, 6.07) is 3.97. The Morgan fingerprint density at radius 1 is 1.19 bits per heavy atom. The molecule has 0 unspecified atom stereocenters. The molecule has 2 aromatic rings. The molecule has 0 bridgehead atoms. The van der Waals surface area contributed by atoms with E-state index in [2.05, 4.69) is 17.2 Å². The maximum absolute atomic E-state index is 14.8. The molecule has 1 aliphatic rings. The van der Waals surface area contributed by atoms with Crippen molar-refractivity contribution < 1.29 is 30.8 Å². The molecule has 37 heavy (non-hydrogen) atoms. The minimum absolute atomic E-state index is 0.0415. The number of benzene rings is 1. The zero-order chi connectivity index (χ0) is 28.0. The van der Waals surface area contributed by atoms with Gasteiger partial charge in [0.1, 0.15) is 16.8 Å². The molecule has 0 atom stereocenters. The Labute approximate surface area is 222 Å². The van der Waals surface area contributed by atoms with Crippen LogP contribution in [0.5, 0.6) is 0 Å². The number of nitrogens with zero attached hydrogens (tertiary/aromatic N) is 2. The van der Waals surface area contributed by atoms with Crippen molar-refractivity contribution >= 4 is 29.1 Å². The van der Waals surface area contributed by atoms with Crippen LogP contribution in [0.1, 0.15) is 75.3 Å². The molecule has 1 amide bonds. The number of rotatable bonds is 7. The topological polar surface area (TPSA) is 81.1 Å². The minimum Gasteiger partial charge on any atom is -0.350 e. The van der Waals surface area contributed by atoms with Crippen LogP contribution >= 0.6 is 11.6 Å². The second-order valence-corrected chi connectivity index (χ2v) is 10.6. The number of halogens is 5. The highest BCUT2D eigenvalue weighted by Gasteiger charge is 2.47. The molecular weight excluding hydrogens is 534 g/mol. The third kappa shape index (κ3) is 7.86. The Balaban J connectivity index is 0.00000153. The maximum Gasteiger partial charge on any atom is 0.394 e. The van der Waals surface area contributed by atoms with Crippen LogP contribution in [0.2, 0.25) is 5.15 Å². The number of aromatic nitrogens is 2. The van der Waals surface area contributed by atoms with Gasteiger partial charge in [0.25, 0.3) is 5.91 Å². The maximum atomic E-state index is 14.8. The molecule has 1 heterocycles. The summed E-state index contributed by atoms with van der Waals surface area (Å²) in [6.07, 6.45) is -0.0811. The minimum atomic E-state index is -4.46. The summed E-state index contributed by atoms with van der Waals surface area (Å²) >= 11 is 5.76. The van der Waals surface area contributed by atoms with Crippen molar-refractivity contribution in [1.29, 1.82) is 0 Å². The second-order valence-electron chi connectivity index (χ2n) is 10.1. The lowest BCUT2D eigenvalue weighted by atomic mass is 9.83. The lowest BCUT2D eigenvalue weighted by Crippen LogP contribution is -2.34. The lowest BCUT2D eigenvalue weighted by molar-refractivity contribution is -0.211. The van der Waals surface area contributed by atoms with Gasteiger partial charge in [0.05, 0.1) is 11.1 Å². The third-order valence-electron chi connectivity index (χ3n) is 6.80. The predicted molar refractivity (Wildman–Crippen MR) is 134 cm³/mol. The smallest absolute Gasteiger partial charge is 0.350 e. The summed E-state index contributed by atoms with van der Waals surface area (Å²) in [5.41, 5.74) is -1.75. The number of nitrogens with one attached hydrogen (secondary N) is 1. The molecule has 3 rings (SSSR count). The highest BCUT2D eigenvalue weighted by atomic mass is 35.5. The van der Waals surface area contributed by atoms with Crippen molar-refractivity contribution in [2.45, 2.75) is 72.4 Å². The van der Waals surface area contributed by atoms with Crippen LogP contribution in [0.3, 0.4) is 0 Å². The van der Waals surface area contributed by atoms with E-state index in [-0.39, 0.29) is 22.3 Å². The van der Waals surface area contributed by atoms with Crippen molar-refractivity contribution in [3.8, 4) is 5.69 Å². The fraction of sp³-hybridized carbons (Fsp3) is 0.600. The fourth-order valence-corrected chi connectivity index (χ4v) is 4.66. The number of carbonyl (C=O) groups excluding carboxylic acids is 1. The fourth-order valence-electron chi connectivity index (χ4n) is 4.34. The van der Waals surface area contributed by atoms with E-state index in [0.717, 1.165) is 51.5 Å². The Morgan fingerprint density at radius 2 is 1.78 bits per heavy atom. The average molecular weight is 566 g/mol. The standard InChI is InChI=1S/C25H32ClF4N3O.O2S/c1-5-20-32-21(23(34)31-14-16-8-6-15(2)7-9-16)22(26)33(20)18-11-10-17(19(27)12-18)13-24(3,4)25(28,29)30;1-3-2/h10-12,15-16H,5-9,13-14H2,1-4H3,(H,31,34);. The van der Waals surface area contributed by atoms with Gasteiger partial charge in [-0.1, -0.05) is 58.2 Å². The summed E-state index contributed by atoms with van der Waals surface area (Å²) < 4.78 is 72.6. The number of hydrogen-bond acceptors (Lipinski definition) is 4. The first kappa shape index (κ1) is 31.0. The highest BCUT2D eigenvalue weighted by Crippen LogP contribution is 2.40. The second kappa shape index (κ2) is 13.0. The number of imidazole rings is 1. The van der Waals surface area contributed by atoms with Crippen LogP contribution in [0.4, 0.5) is 17.6 Å². The zero-order valence-electron chi connectivity index (χ0n) is 21.3. The van der Waals surface area contributed by atoms with Crippen molar-refractivity contribution in [2.24, 2.45) is 17.3 Å². The van der Waals surface area contributed by atoms with E-state index in [1.807, 2.05) is 6.92 Å². The van der Waals surface area contributed by atoms with Crippen LogP contribution in [0, 0.1) is 23.1 Å². The molecule has 1 saturated carbocycles. The molecule has 0 saturated heterocycles. The van der Waals surface area contributed by atoms with Crippen LogP contribution in [-0.4, -0.2) is 36.6 Å². The molecule has 1 aromatic carbocycles. The van der Waals surface area contributed by atoms with E-state index in [1.165, 1.54) is 16.7 Å². The summed E-state index contributed by atoms with van der Waals surface area (Å²) in [5, 5.41) is 2.97. The Kier molecular flexibility index (Phi) is 10.9. The molecule has 12 heteroatoms. The molecular formula is C25H32ClF4N3O3S. The van der Waals surface area contributed by atoms with Gasteiger partial charge in [-0.05, 0) is 48.8 Å². The molecule has 0 aliphatic heterocycles. The van der Waals surface area contributed by atoms with Gasteiger partial charge in [0.2, 0.25) is 0 Å². The quantitative estimate of drug-likeness (QED) is 0.403. The summed E-state index contributed by atoms with van der Waals surface area (Å²) in [4.78, 5) is 17.2. The highest BCUT2D eigenvalue weighted by molar-refractivity contribution is 7.51. The van der Waals surface area contributed by atoms with Gasteiger partial charge in [-0.15, -0.1) is 0 Å². The molecule has 0 spiro atoms. The van der Waals surface area contributed by atoms with E-state index in [1.54, 1.807) is 0 Å². The predicted octanol–water partition coefficient (Wildman–Crippen LogP) is 6.24. The van der Waals surface area contributed by atoms with E-state index in [0.29, 0.717) is 30.4 Å². The lowest BCUT2D eigenvalue weighted by Gasteiger charge is -2.28. The van der Waals surface area contributed by atoms with E-state index < -0.39 is 35.4 Å². The molecule has 6 nitrogen and oxygen atoms in total. The third-order valence-corrected chi connectivity index (χ3v) is 7.15. The van der Waals surface area contributed by atoms with Gasteiger partial charge in [-0.3, -0.25) is 9.36 Å². The van der Waals surface area contributed by atoms with Crippen molar-refractivity contribution in [3.63, 3.8) is 0 Å². The largest absolute Gasteiger partial charge is 0.394 e. The number of alkyl halides is 3. The van der Waals surface area contributed by atoms with Gasteiger partial charge in [-0.25, -0.2) is 9.37 Å². The molecule has 1 fully saturated rings. The van der Waals surface area contributed by atoms with E-state index >= 15 is 0 Å². The number of hydrogen-bond donors (Lipinski definition) is 1. The van der Waals surface area contributed by atoms with E-state index in [9.17, 15) is 22.4 Å². The van der Waals surface area contributed by atoms with Crippen molar-refractivity contribution in [2.75, 3.05) is 6.54 Å². The SMILES string of the molecule is CCc1nc(C(=O)NCC2CCC(C)CC2)c(Cl)n1-c1ccc(CC(C)(C)C(F)(F)F)c(F)c1.O=S=O. The average Bonchev–Trinajstić information content (AvgIpc) is 3.16. The van der Waals surface area contributed by atoms with Crippen LogP contribution < -0.4 is 5.32 Å². The molecule has 1 N–H and O–H groups in total. The van der Waals surface area contributed by atoms with Crippen LogP contribution in [0.15, 0.2) is 18.2 Å². The van der Waals surface area contributed by atoms with Gasteiger partial charge in [-0.2, -0.15) is 21.6 Å². The first-order valence-electron chi connectivity index (χ1n) is 12.1. The van der Waals surface area contributed by atoms with Gasteiger partial charge < -0.3 is 5.32 Å². The first-order valence-corrected chi connectivity index (χ1v) is 13.1. The van der Waals surface area contributed by atoms with Crippen LogP contribution in [0.25, 0.3) is 5.69 Å². The molecule has 1 aromatic heterocycles. The number of amides is 1. The normalized spacial score (nSPS) is 18.1. The Hall–Kier alpha value is -2.27. The Morgan fingerprint density at radius 3 is 2.30 bits per heavy atom. The first-order chi connectivity index (χ1) is 17.2. The van der Waals surface area contributed by atoms with Gasteiger partial charge in [0, 0.05) is 13.0 Å². The zero-order valence-corrected chi connectivity index (χ0v) is 22.8. The number of carbonyl (C=O) groups is 1. The van der Waals surface area contributed by atoms with Gasteiger partial charge >= 0.3 is 17.7 Å².